The Labute approximate surface area is 85.6 Å². The number of hydrogen-bond donors (Lipinski definition) is 1. The molecule has 2 heterocycles. The Bertz CT molecular complexity index is 165. The van der Waals surface area contributed by atoms with Crippen molar-refractivity contribution in [2.24, 2.45) is 0 Å². The second-order valence-corrected chi connectivity index (χ2v) is 3.79. The van der Waals surface area contributed by atoms with E-state index >= 15 is 0 Å². The van der Waals surface area contributed by atoms with Gasteiger partial charge in [-0.2, -0.15) is 0 Å². The van der Waals surface area contributed by atoms with Crippen molar-refractivity contribution >= 4 is 0 Å². The number of rotatable bonds is 0. The van der Waals surface area contributed by atoms with E-state index in [9.17, 15) is 0 Å². The van der Waals surface area contributed by atoms with Crippen molar-refractivity contribution in [3.8, 4) is 0 Å². The van der Waals surface area contributed by atoms with E-state index in [-0.39, 0.29) is 17.0 Å². The molecule has 0 radical (unpaired) electrons. The molecule has 0 saturated carbocycles. The average molecular weight is 232 g/mol. The van der Waals surface area contributed by atoms with Gasteiger partial charge in [-0.25, -0.2) is 0 Å². The molecular weight excluding hydrogens is 214 g/mol. The molecule has 1 unspecified atom stereocenters. The highest BCUT2D eigenvalue weighted by Gasteiger charge is 2.20. The van der Waals surface area contributed by atoms with Crippen molar-refractivity contribution in [3.05, 3.63) is 11.8 Å². The van der Waals surface area contributed by atoms with E-state index < -0.39 is 0 Å². The molecule has 0 spiro atoms. The van der Waals surface area contributed by atoms with E-state index in [0.29, 0.717) is 0 Å². The Morgan fingerprint density at radius 1 is 1.00 bits per heavy atom. The van der Waals surface area contributed by atoms with Crippen molar-refractivity contribution in [1.29, 1.82) is 0 Å². The zero-order valence-corrected chi connectivity index (χ0v) is 9.20. The summed E-state index contributed by atoms with van der Waals surface area (Å²) in [6, 6.07) is 0. The number of allylic oxidation sites excluding steroid dienone is 2. The Hall–Kier alpha value is 0.180. The molecule has 1 N–H and O–H groups in total. The lowest BCUT2D eigenvalue weighted by molar-refractivity contribution is -0.863. The molecule has 1 saturated heterocycles. The predicted molar refractivity (Wildman–Crippen MR) is 46.5 cm³/mol. The fourth-order valence-electron chi connectivity index (χ4n) is 2.29. The molecule has 1 nitrogen and oxygen atoms in total. The van der Waals surface area contributed by atoms with Gasteiger partial charge in [0.15, 0.2) is 0 Å². The quantitative estimate of drug-likeness (QED) is 0.499. The van der Waals surface area contributed by atoms with Crippen LogP contribution in [0, 0.1) is 0 Å². The third-order valence-corrected chi connectivity index (χ3v) is 2.95. The summed E-state index contributed by atoms with van der Waals surface area (Å²) in [7, 11) is 0. The molecule has 0 aromatic carbocycles. The lowest BCUT2D eigenvalue weighted by Crippen LogP contribution is -3.10. The monoisotopic (exact) mass is 231 g/mol. The van der Waals surface area contributed by atoms with Gasteiger partial charge >= 0.3 is 0 Å². The van der Waals surface area contributed by atoms with Crippen LogP contribution in [0.3, 0.4) is 0 Å². The summed E-state index contributed by atoms with van der Waals surface area (Å²) in [5, 5.41) is 0. The van der Waals surface area contributed by atoms with Crippen LogP contribution in [-0.2, 0) is 0 Å². The topological polar surface area (TPSA) is 4.44 Å². The first-order valence-corrected chi connectivity index (χ1v) is 5.01. The molecule has 70 valence electrons. The molecular formula is C10H18BrN. The van der Waals surface area contributed by atoms with Crippen LogP contribution in [0.1, 0.15) is 38.5 Å². The number of quaternary nitrogens is 1. The van der Waals surface area contributed by atoms with Crippen LogP contribution < -0.4 is 21.9 Å². The lowest BCUT2D eigenvalue weighted by Gasteiger charge is -2.22. The highest BCUT2D eigenvalue weighted by molar-refractivity contribution is 4.94. The van der Waals surface area contributed by atoms with Crippen molar-refractivity contribution in [2.45, 2.75) is 38.5 Å². The first kappa shape index (κ1) is 10.3. The SMILES string of the molecule is C1=C2CCCCC[NH+]2CCC1.[Br-]. The lowest BCUT2D eigenvalue weighted by atomic mass is 10.1. The second kappa shape index (κ2) is 5.03. The highest BCUT2D eigenvalue weighted by atomic mass is 79.9. The molecule has 0 aromatic rings. The summed E-state index contributed by atoms with van der Waals surface area (Å²) in [5.41, 5.74) is 1.73. The summed E-state index contributed by atoms with van der Waals surface area (Å²) in [6.45, 7) is 2.82. The molecule has 2 aliphatic heterocycles. The van der Waals surface area contributed by atoms with Crippen molar-refractivity contribution in [3.63, 3.8) is 0 Å². The van der Waals surface area contributed by atoms with E-state index in [1.54, 1.807) is 10.6 Å². The van der Waals surface area contributed by atoms with Crippen molar-refractivity contribution in [1.82, 2.24) is 0 Å². The van der Waals surface area contributed by atoms with E-state index in [0.717, 1.165) is 0 Å². The summed E-state index contributed by atoms with van der Waals surface area (Å²) < 4.78 is 0. The fraction of sp³-hybridized carbons (Fsp3) is 0.800. The number of nitrogens with one attached hydrogen (secondary N) is 1. The third-order valence-electron chi connectivity index (χ3n) is 2.95. The first-order valence-electron chi connectivity index (χ1n) is 5.01. The van der Waals surface area contributed by atoms with Crippen LogP contribution in [0.15, 0.2) is 11.8 Å². The molecule has 0 aromatic heterocycles. The van der Waals surface area contributed by atoms with Crippen molar-refractivity contribution < 1.29 is 21.9 Å². The molecule has 0 bridgehead atoms. The number of fused-ring (bicyclic) bond motifs is 1. The summed E-state index contributed by atoms with van der Waals surface area (Å²) >= 11 is 0. The average Bonchev–Trinajstić information content (AvgIpc) is 2.28. The Kier molecular flexibility index (Phi) is 4.30. The molecule has 1 atom stereocenters. The maximum absolute atomic E-state index is 2.49. The van der Waals surface area contributed by atoms with Crippen LogP contribution in [0.5, 0.6) is 0 Å². The van der Waals surface area contributed by atoms with Gasteiger partial charge in [0.25, 0.3) is 0 Å². The van der Waals surface area contributed by atoms with Gasteiger partial charge in [-0.15, -0.1) is 0 Å². The molecule has 12 heavy (non-hydrogen) atoms. The Morgan fingerprint density at radius 3 is 2.75 bits per heavy atom. The summed E-state index contributed by atoms with van der Waals surface area (Å²) in [5.74, 6) is 0. The van der Waals surface area contributed by atoms with Gasteiger partial charge in [-0.05, 0) is 31.8 Å². The van der Waals surface area contributed by atoms with Gasteiger partial charge in [-0.3, -0.25) is 0 Å². The van der Waals surface area contributed by atoms with Gasteiger partial charge in [0, 0.05) is 12.8 Å². The molecule has 2 aliphatic rings. The number of hydrogen-bond acceptors (Lipinski definition) is 0. The van der Waals surface area contributed by atoms with Crippen molar-refractivity contribution in [2.75, 3.05) is 13.1 Å². The Morgan fingerprint density at radius 2 is 1.83 bits per heavy atom. The molecule has 1 fully saturated rings. The largest absolute Gasteiger partial charge is 1.00 e. The van der Waals surface area contributed by atoms with Gasteiger partial charge in [-0.1, -0.05) is 0 Å². The smallest absolute Gasteiger partial charge is 0.103 e. The molecule has 2 rings (SSSR count). The van der Waals surface area contributed by atoms with E-state index in [1.165, 1.54) is 51.6 Å². The minimum absolute atomic E-state index is 0. The maximum atomic E-state index is 2.49. The highest BCUT2D eigenvalue weighted by Crippen LogP contribution is 2.11. The summed E-state index contributed by atoms with van der Waals surface area (Å²) in [6.07, 6.45) is 11.0. The van der Waals surface area contributed by atoms with Crippen LogP contribution in [0.25, 0.3) is 0 Å². The first-order chi connectivity index (χ1) is 5.47. The molecule has 0 aliphatic carbocycles. The van der Waals surface area contributed by atoms with Crippen LogP contribution in [-0.4, -0.2) is 13.1 Å². The standard InChI is InChI=1S/C10H17N.BrH/c1-2-6-10-7-3-5-9-11(10)8-4-1;/h7H,1-6,8-9H2;1H. The fourth-order valence-corrected chi connectivity index (χ4v) is 2.29. The molecule has 2 heteroatoms. The molecule has 0 amide bonds. The van der Waals surface area contributed by atoms with Crippen LogP contribution in [0.2, 0.25) is 0 Å². The van der Waals surface area contributed by atoms with Gasteiger partial charge in [0.1, 0.15) is 5.70 Å². The number of halogens is 1. The van der Waals surface area contributed by atoms with Gasteiger partial charge in [0.05, 0.1) is 13.1 Å². The maximum Gasteiger partial charge on any atom is 0.103 e. The van der Waals surface area contributed by atoms with Gasteiger partial charge in [0.2, 0.25) is 0 Å². The van der Waals surface area contributed by atoms with E-state index in [2.05, 4.69) is 6.08 Å². The normalized spacial score (nSPS) is 29.3. The van der Waals surface area contributed by atoms with E-state index in [1.807, 2.05) is 0 Å². The minimum atomic E-state index is 0. The Balaban J connectivity index is 0.000000720. The zero-order chi connectivity index (χ0) is 7.52. The minimum Gasteiger partial charge on any atom is -1.00 e. The zero-order valence-electron chi connectivity index (χ0n) is 7.61. The van der Waals surface area contributed by atoms with Gasteiger partial charge < -0.3 is 21.9 Å². The van der Waals surface area contributed by atoms with Crippen LogP contribution >= 0.6 is 0 Å². The summed E-state index contributed by atoms with van der Waals surface area (Å²) in [4.78, 5) is 1.80. The predicted octanol–water partition coefficient (Wildman–Crippen LogP) is -1.87. The van der Waals surface area contributed by atoms with E-state index in [4.69, 9.17) is 0 Å². The van der Waals surface area contributed by atoms with Crippen LogP contribution in [0.4, 0.5) is 0 Å². The third kappa shape index (κ3) is 2.33. The second-order valence-electron chi connectivity index (χ2n) is 3.79.